The van der Waals surface area contributed by atoms with Crippen LogP contribution in [0.1, 0.15) is 18.6 Å². The molecule has 0 amide bonds. The number of methoxy groups -OCH3 is 1. The first-order valence-corrected chi connectivity index (χ1v) is 4.45. The molecule has 1 atom stereocenters. The molecular weight excluding hydrogens is 180 g/mol. The number of hydrogen-bond acceptors (Lipinski definition) is 3. The van der Waals surface area contributed by atoms with Crippen molar-refractivity contribution in [3.8, 4) is 5.75 Å². The van der Waals surface area contributed by atoms with E-state index in [-0.39, 0.29) is 0 Å². The molecule has 0 aliphatic carbocycles. The van der Waals surface area contributed by atoms with Gasteiger partial charge in [0.2, 0.25) is 0 Å². The van der Waals surface area contributed by atoms with E-state index in [1.54, 1.807) is 20.3 Å². The van der Waals surface area contributed by atoms with Crippen LogP contribution in [0.15, 0.2) is 28.9 Å². The third-order valence-corrected chi connectivity index (χ3v) is 2.26. The van der Waals surface area contributed by atoms with E-state index in [2.05, 4.69) is 0 Å². The summed E-state index contributed by atoms with van der Waals surface area (Å²) in [5, 5.41) is 10.4. The zero-order chi connectivity index (χ0) is 10.1. The van der Waals surface area contributed by atoms with Crippen LogP contribution in [0.3, 0.4) is 0 Å². The number of aliphatic hydroxyl groups excluding tert-OH is 1. The van der Waals surface area contributed by atoms with E-state index in [1.165, 1.54) is 0 Å². The van der Waals surface area contributed by atoms with Crippen molar-refractivity contribution in [2.24, 2.45) is 0 Å². The molecule has 1 aromatic heterocycles. The number of hydrogen-bond donors (Lipinski definition) is 1. The van der Waals surface area contributed by atoms with Gasteiger partial charge < -0.3 is 14.3 Å². The largest absolute Gasteiger partial charge is 0.497 e. The van der Waals surface area contributed by atoms with Crippen molar-refractivity contribution < 1.29 is 14.3 Å². The minimum atomic E-state index is -0.525. The summed E-state index contributed by atoms with van der Waals surface area (Å²) >= 11 is 0. The summed E-state index contributed by atoms with van der Waals surface area (Å²) in [6, 6.07) is 5.53. The van der Waals surface area contributed by atoms with Gasteiger partial charge in [-0.2, -0.15) is 0 Å². The van der Waals surface area contributed by atoms with Crippen LogP contribution in [-0.4, -0.2) is 12.2 Å². The lowest BCUT2D eigenvalue weighted by Gasteiger charge is -2.02. The van der Waals surface area contributed by atoms with E-state index in [0.717, 1.165) is 22.3 Å². The average molecular weight is 192 g/mol. The van der Waals surface area contributed by atoms with Gasteiger partial charge >= 0.3 is 0 Å². The molecule has 1 unspecified atom stereocenters. The number of furan rings is 1. The fourth-order valence-corrected chi connectivity index (χ4v) is 1.48. The van der Waals surface area contributed by atoms with E-state index in [9.17, 15) is 5.11 Å². The van der Waals surface area contributed by atoms with E-state index in [4.69, 9.17) is 9.15 Å². The Balaban J connectivity index is 2.63. The number of benzene rings is 1. The van der Waals surface area contributed by atoms with Crippen LogP contribution in [0, 0.1) is 0 Å². The summed E-state index contributed by atoms with van der Waals surface area (Å²) in [6.45, 7) is 1.71. The number of aliphatic hydroxyl groups is 1. The van der Waals surface area contributed by atoms with Crippen LogP contribution in [0.25, 0.3) is 11.0 Å². The maximum atomic E-state index is 9.47. The van der Waals surface area contributed by atoms with E-state index < -0.39 is 6.10 Å². The summed E-state index contributed by atoms with van der Waals surface area (Å²) in [5.74, 6) is 0.765. The number of fused-ring (bicyclic) bond motifs is 1. The first kappa shape index (κ1) is 9.09. The molecule has 2 rings (SSSR count). The Bertz CT molecular complexity index is 443. The van der Waals surface area contributed by atoms with Crippen molar-refractivity contribution in [2.75, 3.05) is 7.11 Å². The van der Waals surface area contributed by atoms with Crippen LogP contribution in [0.5, 0.6) is 5.75 Å². The lowest BCUT2D eigenvalue weighted by molar-refractivity contribution is 0.199. The lowest BCUT2D eigenvalue weighted by Crippen LogP contribution is -1.88. The topological polar surface area (TPSA) is 42.6 Å². The molecule has 3 nitrogen and oxygen atoms in total. The van der Waals surface area contributed by atoms with Gasteiger partial charge in [0, 0.05) is 10.9 Å². The van der Waals surface area contributed by atoms with E-state index in [0.29, 0.717) is 0 Å². The van der Waals surface area contributed by atoms with E-state index in [1.807, 2.05) is 18.2 Å². The van der Waals surface area contributed by atoms with Crippen molar-refractivity contribution in [1.29, 1.82) is 0 Å². The van der Waals surface area contributed by atoms with E-state index >= 15 is 0 Å². The van der Waals surface area contributed by atoms with Gasteiger partial charge in [-0.15, -0.1) is 0 Å². The van der Waals surface area contributed by atoms with Gasteiger partial charge in [0.05, 0.1) is 19.5 Å². The van der Waals surface area contributed by atoms with Crippen LogP contribution in [-0.2, 0) is 0 Å². The molecule has 0 bridgehead atoms. The Morgan fingerprint density at radius 1 is 1.43 bits per heavy atom. The molecule has 14 heavy (non-hydrogen) atoms. The van der Waals surface area contributed by atoms with Gasteiger partial charge in [-0.3, -0.25) is 0 Å². The molecule has 1 heterocycles. The van der Waals surface area contributed by atoms with Gasteiger partial charge in [-0.1, -0.05) is 0 Å². The number of ether oxygens (including phenoxy) is 1. The standard InChI is InChI=1S/C11H12O3/c1-7(12)10-6-14-11-4-3-8(13-2)5-9(10)11/h3-7,12H,1-2H3. The minimum absolute atomic E-state index is 0.525. The van der Waals surface area contributed by atoms with Crippen LogP contribution >= 0.6 is 0 Å². The Morgan fingerprint density at radius 2 is 2.21 bits per heavy atom. The highest BCUT2D eigenvalue weighted by Gasteiger charge is 2.10. The number of rotatable bonds is 2. The summed E-state index contributed by atoms with van der Waals surface area (Å²) in [5.41, 5.74) is 1.56. The first-order chi connectivity index (χ1) is 6.72. The molecule has 74 valence electrons. The normalized spacial score (nSPS) is 13.1. The Kier molecular flexibility index (Phi) is 2.17. The van der Waals surface area contributed by atoms with Crippen molar-refractivity contribution in [1.82, 2.24) is 0 Å². The summed E-state index contributed by atoms with van der Waals surface area (Å²) in [7, 11) is 1.61. The van der Waals surface area contributed by atoms with Gasteiger partial charge in [-0.25, -0.2) is 0 Å². The molecule has 0 saturated heterocycles. The highest BCUT2D eigenvalue weighted by Crippen LogP contribution is 2.29. The predicted molar refractivity (Wildman–Crippen MR) is 53.4 cm³/mol. The highest BCUT2D eigenvalue weighted by atomic mass is 16.5. The molecule has 0 aliphatic heterocycles. The van der Waals surface area contributed by atoms with Crippen molar-refractivity contribution in [3.05, 3.63) is 30.0 Å². The second kappa shape index (κ2) is 3.35. The predicted octanol–water partition coefficient (Wildman–Crippen LogP) is 2.49. The second-order valence-corrected chi connectivity index (χ2v) is 3.23. The monoisotopic (exact) mass is 192 g/mol. The van der Waals surface area contributed by atoms with Gasteiger partial charge in [0.1, 0.15) is 11.3 Å². The zero-order valence-corrected chi connectivity index (χ0v) is 8.15. The molecule has 1 aromatic carbocycles. The fourth-order valence-electron chi connectivity index (χ4n) is 1.48. The fraction of sp³-hybridized carbons (Fsp3) is 0.273. The first-order valence-electron chi connectivity index (χ1n) is 4.45. The quantitative estimate of drug-likeness (QED) is 0.794. The van der Waals surface area contributed by atoms with Crippen molar-refractivity contribution in [2.45, 2.75) is 13.0 Å². The molecule has 0 saturated carbocycles. The maximum Gasteiger partial charge on any atom is 0.134 e. The Hall–Kier alpha value is -1.48. The van der Waals surface area contributed by atoms with Crippen LogP contribution in [0.4, 0.5) is 0 Å². The van der Waals surface area contributed by atoms with Gasteiger partial charge in [0.15, 0.2) is 0 Å². The minimum Gasteiger partial charge on any atom is -0.497 e. The Morgan fingerprint density at radius 3 is 2.86 bits per heavy atom. The van der Waals surface area contributed by atoms with Crippen LogP contribution < -0.4 is 4.74 Å². The zero-order valence-electron chi connectivity index (χ0n) is 8.15. The smallest absolute Gasteiger partial charge is 0.134 e. The molecule has 0 fully saturated rings. The highest BCUT2D eigenvalue weighted by molar-refractivity contribution is 5.82. The molecule has 1 N–H and O–H groups in total. The lowest BCUT2D eigenvalue weighted by atomic mass is 10.1. The molecular formula is C11H12O3. The Labute approximate surface area is 81.9 Å². The third-order valence-electron chi connectivity index (χ3n) is 2.26. The third kappa shape index (κ3) is 1.36. The second-order valence-electron chi connectivity index (χ2n) is 3.23. The summed E-state index contributed by atoms with van der Waals surface area (Å²) in [6.07, 6.45) is 1.05. The van der Waals surface area contributed by atoms with Crippen molar-refractivity contribution in [3.63, 3.8) is 0 Å². The van der Waals surface area contributed by atoms with Crippen LogP contribution in [0.2, 0.25) is 0 Å². The SMILES string of the molecule is COc1ccc2occ(C(C)O)c2c1. The summed E-state index contributed by atoms with van der Waals surface area (Å²) < 4.78 is 10.4. The average Bonchev–Trinajstić information content (AvgIpc) is 2.59. The maximum absolute atomic E-state index is 9.47. The molecule has 0 spiro atoms. The van der Waals surface area contributed by atoms with Gasteiger partial charge in [-0.05, 0) is 25.1 Å². The molecule has 0 radical (unpaired) electrons. The van der Waals surface area contributed by atoms with Gasteiger partial charge in [0.25, 0.3) is 0 Å². The van der Waals surface area contributed by atoms with Crippen molar-refractivity contribution >= 4 is 11.0 Å². The molecule has 2 aromatic rings. The summed E-state index contributed by atoms with van der Waals surface area (Å²) in [4.78, 5) is 0. The molecule has 3 heteroatoms. The molecule has 0 aliphatic rings.